The molecular formula is C23H21N5O3. The fourth-order valence-electron chi connectivity index (χ4n) is 4.10. The summed E-state index contributed by atoms with van der Waals surface area (Å²) >= 11 is 0. The van der Waals surface area contributed by atoms with Crippen LogP contribution in [-0.4, -0.2) is 30.6 Å². The molecule has 0 saturated carbocycles. The molecule has 156 valence electrons. The van der Waals surface area contributed by atoms with Crippen LogP contribution in [0.15, 0.2) is 64.2 Å². The van der Waals surface area contributed by atoms with Gasteiger partial charge in [-0.25, -0.2) is 4.79 Å². The average Bonchev–Trinajstić information content (AvgIpc) is 3.33. The number of methoxy groups -OCH3 is 1. The Hall–Kier alpha value is -4.07. The first kappa shape index (κ1) is 18.9. The van der Waals surface area contributed by atoms with Crippen LogP contribution in [-0.2, 0) is 13.5 Å². The van der Waals surface area contributed by atoms with Gasteiger partial charge in [-0.1, -0.05) is 37.3 Å². The van der Waals surface area contributed by atoms with Crippen LogP contribution in [0.1, 0.15) is 12.6 Å². The van der Waals surface area contributed by atoms with Gasteiger partial charge < -0.3 is 4.74 Å². The maximum Gasteiger partial charge on any atom is 0.329 e. The van der Waals surface area contributed by atoms with E-state index >= 15 is 0 Å². The molecule has 0 amide bonds. The molecule has 8 heteroatoms. The van der Waals surface area contributed by atoms with Gasteiger partial charge in [-0.15, -0.1) is 0 Å². The number of nitrogens with zero attached hydrogens (tertiary/aromatic N) is 4. The standard InChI is InChI=1S/C23H21N5O3/c1-4-17-18(14-8-6-5-7-9-14)27(15-10-12-16(31-3)13-11-15)22-24-20-19(28(17)22)21(29)25-23(30)26(20)2/h5-13H,4H2,1-3H3,(H,25,29,30). The predicted molar refractivity (Wildman–Crippen MR) is 119 cm³/mol. The van der Waals surface area contributed by atoms with E-state index in [4.69, 9.17) is 9.72 Å². The van der Waals surface area contributed by atoms with Crippen molar-refractivity contribution in [2.75, 3.05) is 7.11 Å². The van der Waals surface area contributed by atoms with Crippen molar-refractivity contribution in [3.05, 3.63) is 81.1 Å². The fraction of sp³-hybridized carbons (Fsp3) is 0.174. The summed E-state index contributed by atoms with van der Waals surface area (Å²) in [5.74, 6) is 1.32. The van der Waals surface area contributed by atoms with Crippen LogP contribution in [0.25, 0.3) is 33.9 Å². The van der Waals surface area contributed by atoms with Crippen molar-refractivity contribution < 1.29 is 4.74 Å². The number of aryl methyl sites for hydroxylation is 2. The van der Waals surface area contributed by atoms with Crippen LogP contribution in [0.4, 0.5) is 0 Å². The van der Waals surface area contributed by atoms with E-state index in [1.807, 2.05) is 70.5 Å². The number of rotatable bonds is 4. The summed E-state index contributed by atoms with van der Waals surface area (Å²) in [5, 5.41) is 0. The van der Waals surface area contributed by atoms with Gasteiger partial charge in [0.1, 0.15) is 5.75 Å². The van der Waals surface area contributed by atoms with Crippen molar-refractivity contribution in [3.8, 4) is 22.7 Å². The summed E-state index contributed by atoms with van der Waals surface area (Å²) in [5.41, 5.74) is 3.53. The number of H-pyrrole nitrogens is 1. The van der Waals surface area contributed by atoms with E-state index < -0.39 is 11.2 Å². The molecule has 0 aliphatic carbocycles. The second-order valence-corrected chi connectivity index (χ2v) is 7.29. The molecule has 0 saturated heterocycles. The third-order valence-electron chi connectivity index (χ3n) is 5.58. The molecular weight excluding hydrogens is 394 g/mol. The van der Waals surface area contributed by atoms with Gasteiger partial charge in [-0.05, 0) is 30.7 Å². The Kier molecular flexibility index (Phi) is 4.28. The molecule has 31 heavy (non-hydrogen) atoms. The second-order valence-electron chi connectivity index (χ2n) is 7.29. The van der Waals surface area contributed by atoms with Gasteiger partial charge in [0, 0.05) is 18.3 Å². The summed E-state index contributed by atoms with van der Waals surface area (Å²) in [6.07, 6.45) is 0.664. The molecule has 1 N–H and O–H groups in total. The number of imidazole rings is 2. The third-order valence-corrected chi connectivity index (χ3v) is 5.58. The summed E-state index contributed by atoms with van der Waals surface area (Å²) < 4.78 is 10.6. The third kappa shape index (κ3) is 2.72. The molecule has 0 aliphatic heterocycles. The summed E-state index contributed by atoms with van der Waals surface area (Å²) in [6.45, 7) is 2.04. The molecule has 3 heterocycles. The molecule has 5 aromatic rings. The Labute approximate surface area is 177 Å². The molecule has 8 nitrogen and oxygen atoms in total. The predicted octanol–water partition coefficient (Wildman–Crippen LogP) is 2.90. The van der Waals surface area contributed by atoms with Crippen molar-refractivity contribution >= 4 is 16.9 Å². The Balaban J connectivity index is 2.00. The van der Waals surface area contributed by atoms with Crippen LogP contribution in [0, 0.1) is 0 Å². The van der Waals surface area contributed by atoms with Crippen LogP contribution in [0.2, 0.25) is 0 Å². The Morgan fingerprint density at radius 3 is 2.39 bits per heavy atom. The Morgan fingerprint density at radius 1 is 1.03 bits per heavy atom. The van der Waals surface area contributed by atoms with Gasteiger partial charge in [0.2, 0.25) is 5.78 Å². The van der Waals surface area contributed by atoms with Gasteiger partial charge in [-0.3, -0.25) is 23.3 Å². The van der Waals surface area contributed by atoms with E-state index in [0.29, 0.717) is 23.4 Å². The minimum Gasteiger partial charge on any atom is -0.497 e. The SMILES string of the molecule is CCc1c(-c2ccccc2)n(-c2ccc(OC)cc2)c2nc3c(c(=O)[nH]c(=O)n3C)n12. The number of aromatic nitrogens is 5. The molecule has 0 atom stereocenters. The number of fused-ring (bicyclic) bond motifs is 3. The van der Waals surface area contributed by atoms with E-state index in [9.17, 15) is 9.59 Å². The average molecular weight is 415 g/mol. The first-order chi connectivity index (χ1) is 15.0. The van der Waals surface area contributed by atoms with Crippen molar-refractivity contribution in [1.82, 2.24) is 23.5 Å². The van der Waals surface area contributed by atoms with Gasteiger partial charge in [0.25, 0.3) is 5.56 Å². The zero-order chi connectivity index (χ0) is 21.7. The Morgan fingerprint density at radius 2 is 1.74 bits per heavy atom. The number of aromatic amines is 1. The molecule has 0 fully saturated rings. The topological polar surface area (TPSA) is 86.3 Å². The molecule has 2 aromatic carbocycles. The van der Waals surface area contributed by atoms with Crippen molar-refractivity contribution in [1.29, 1.82) is 0 Å². The first-order valence-corrected chi connectivity index (χ1v) is 10.00. The van der Waals surface area contributed by atoms with Gasteiger partial charge in [0.15, 0.2) is 11.2 Å². The smallest absolute Gasteiger partial charge is 0.329 e. The van der Waals surface area contributed by atoms with Gasteiger partial charge >= 0.3 is 5.69 Å². The van der Waals surface area contributed by atoms with E-state index in [0.717, 1.165) is 28.4 Å². The quantitative estimate of drug-likeness (QED) is 0.489. The van der Waals surface area contributed by atoms with Crippen molar-refractivity contribution in [2.24, 2.45) is 7.05 Å². The Bertz CT molecular complexity index is 1540. The summed E-state index contributed by atoms with van der Waals surface area (Å²) in [7, 11) is 3.23. The minimum atomic E-state index is -0.490. The molecule has 5 rings (SSSR count). The largest absolute Gasteiger partial charge is 0.497 e. The van der Waals surface area contributed by atoms with Crippen molar-refractivity contribution in [3.63, 3.8) is 0 Å². The molecule has 0 radical (unpaired) electrons. The van der Waals surface area contributed by atoms with Gasteiger partial charge in [0.05, 0.1) is 18.5 Å². The highest BCUT2D eigenvalue weighted by Gasteiger charge is 2.25. The van der Waals surface area contributed by atoms with E-state index in [1.165, 1.54) is 4.57 Å². The monoisotopic (exact) mass is 415 g/mol. The normalized spacial score (nSPS) is 11.5. The maximum atomic E-state index is 12.8. The number of benzene rings is 2. The maximum absolute atomic E-state index is 12.8. The van der Waals surface area contributed by atoms with Crippen LogP contribution < -0.4 is 16.0 Å². The highest BCUT2D eigenvalue weighted by molar-refractivity contribution is 5.81. The number of nitrogens with one attached hydrogen (secondary N) is 1. The highest BCUT2D eigenvalue weighted by Crippen LogP contribution is 2.33. The number of hydrogen-bond acceptors (Lipinski definition) is 4. The van der Waals surface area contributed by atoms with Crippen LogP contribution in [0.3, 0.4) is 0 Å². The highest BCUT2D eigenvalue weighted by atomic mass is 16.5. The minimum absolute atomic E-state index is 0.348. The molecule has 0 unspecified atom stereocenters. The van der Waals surface area contributed by atoms with Gasteiger partial charge in [-0.2, -0.15) is 4.98 Å². The molecule has 3 aromatic heterocycles. The molecule has 0 bridgehead atoms. The molecule has 0 aliphatic rings. The number of ether oxygens (including phenoxy) is 1. The lowest BCUT2D eigenvalue weighted by Crippen LogP contribution is -2.28. The zero-order valence-electron chi connectivity index (χ0n) is 17.4. The lowest BCUT2D eigenvalue weighted by atomic mass is 10.1. The second kappa shape index (κ2) is 7.02. The number of hydrogen-bond donors (Lipinski definition) is 1. The van der Waals surface area contributed by atoms with E-state index in [2.05, 4.69) is 4.98 Å². The van der Waals surface area contributed by atoms with Crippen LogP contribution >= 0.6 is 0 Å². The summed E-state index contributed by atoms with van der Waals surface area (Å²) in [4.78, 5) is 32.1. The zero-order valence-corrected chi connectivity index (χ0v) is 17.4. The van der Waals surface area contributed by atoms with E-state index in [1.54, 1.807) is 14.2 Å². The first-order valence-electron chi connectivity index (χ1n) is 10.00. The van der Waals surface area contributed by atoms with Crippen LogP contribution in [0.5, 0.6) is 5.75 Å². The lowest BCUT2D eigenvalue weighted by Gasteiger charge is -2.11. The lowest BCUT2D eigenvalue weighted by molar-refractivity contribution is 0.415. The fourth-order valence-corrected chi connectivity index (χ4v) is 4.10. The molecule has 0 spiro atoms. The van der Waals surface area contributed by atoms with Crippen molar-refractivity contribution in [2.45, 2.75) is 13.3 Å². The summed E-state index contributed by atoms with van der Waals surface area (Å²) in [6, 6.07) is 17.7. The van der Waals surface area contributed by atoms with E-state index in [-0.39, 0.29) is 0 Å².